The molecule has 0 aliphatic rings. The van der Waals surface area contributed by atoms with Crippen molar-refractivity contribution in [1.29, 1.82) is 0 Å². The van der Waals surface area contributed by atoms with Crippen molar-refractivity contribution < 1.29 is 0 Å². The van der Waals surface area contributed by atoms with E-state index in [2.05, 4.69) is 20.4 Å². The van der Waals surface area contributed by atoms with Gasteiger partial charge in [0.15, 0.2) is 0 Å². The highest BCUT2D eigenvalue weighted by Crippen LogP contribution is 2.24. The summed E-state index contributed by atoms with van der Waals surface area (Å²) in [5.41, 5.74) is 0. The van der Waals surface area contributed by atoms with Gasteiger partial charge in [-0.2, -0.15) is 0 Å². The van der Waals surface area contributed by atoms with Crippen LogP contribution in [0, 0.1) is 0 Å². The highest BCUT2D eigenvalue weighted by Gasteiger charge is 1.88. The fraction of sp³-hybridized carbons (Fsp3) is 0.667. The number of thioether (sulfide) groups is 2. The Kier molecular flexibility index (Phi) is 5.88. The van der Waals surface area contributed by atoms with Gasteiger partial charge in [-0.05, 0) is 11.5 Å². The molecule has 0 radical (unpaired) electrons. The first-order chi connectivity index (χ1) is 3.81. The van der Waals surface area contributed by atoms with Crippen LogP contribution >= 0.6 is 23.5 Å². The first-order valence-corrected chi connectivity index (χ1v) is 4.72. The van der Waals surface area contributed by atoms with Crippen LogP contribution in [0.1, 0.15) is 13.8 Å². The summed E-state index contributed by atoms with van der Waals surface area (Å²) in [5, 5.41) is 0. The third-order valence-electron chi connectivity index (χ3n) is 0.611. The molecule has 8 heavy (non-hydrogen) atoms. The number of hydrogen-bond acceptors (Lipinski definition) is 2. The minimum Gasteiger partial charge on any atom is -0.120 e. The molecule has 48 valence electrons. The van der Waals surface area contributed by atoms with E-state index in [0.717, 1.165) is 11.5 Å². The van der Waals surface area contributed by atoms with Crippen molar-refractivity contribution in [3.63, 3.8) is 0 Å². The molecule has 0 unspecified atom stereocenters. The molecule has 0 spiro atoms. The minimum absolute atomic E-state index is 1.14. The van der Waals surface area contributed by atoms with Gasteiger partial charge >= 0.3 is 0 Å². The van der Waals surface area contributed by atoms with Crippen molar-refractivity contribution in [3.8, 4) is 0 Å². The molecular weight excluding hydrogens is 136 g/mol. The highest BCUT2D eigenvalue weighted by atomic mass is 32.2. The van der Waals surface area contributed by atoms with E-state index in [1.807, 2.05) is 23.5 Å². The van der Waals surface area contributed by atoms with E-state index in [4.69, 9.17) is 0 Å². The Morgan fingerprint density at radius 3 is 1.88 bits per heavy atom. The third-order valence-corrected chi connectivity index (χ3v) is 2.54. The molecule has 0 aromatic heterocycles. The van der Waals surface area contributed by atoms with Crippen molar-refractivity contribution >= 4 is 23.5 Å². The van der Waals surface area contributed by atoms with Gasteiger partial charge in [-0.15, -0.1) is 23.5 Å². The van der Waals surface area contributed by atoms with Gasteiger partial charge in [-0.1, -0.05) is 20.4 Å². The highest BCUT2D eigenvalue weighted by molar-refractivity contribution is 8.22. The van der Waals surface area contributed by atoms with E-state index in [0.29, 0.717) is 0 Å². The van der Waals surface area contributed by atoms with Crippen molar-refractivity contribution in [2.75, 3.05) is 11.5 Å². The van der Waals surface area contributed by atoms with Crippen LogP contribution in [0.4, 0.5) is 0 Å². The SMILES string of the molecule is C=C(SCC)SCC. The average Bonchev–Trinajstić information content (AvgIpc) is 1.68. The summed E-state index contributed by atoms with van der Waals surface area (Å²) >= 11 is 3.65. The zero-order chi connectivity index (χ0) is 6.41. The average molecular weight is 148 g/mol. The maximum absolute atomic E-state index is 3.86. The van der Waals surface area contributed by atoms with Gasteiger partial charge in [0.1, 0.15) is 0 Å². The predicted octanol–water partition coefficient (Wildman–Crippen LogP) is 2.96. The standard InChI is InChI=1S/C6H12S2/c1-4-7-6(3)8-5-2/h3-5H2,1-2H3. The fourth-order valence-corrected chi connectivity index (χ4v) is 2.05. The van der Waals surface area contributed by atoms with E-state index in [1.165, 1.54) is 4.24 Å². The quantitative estimate of drug-likeness (QED) is 0.601. The summed E-state index contributed by atoms with van der Waals surface area (Å²) in [6.07, 6.45) is 0. The largest absolute Gasteiger partial charge is 0.120 e. The summed E-state index contributed by atoms with van der Waals surface area (Å²) in [4.78, 5) is 0. The van der Waals surface area contributed by atoms with Gasteiger partial charge < -0.3 is 0 Å². The van der Waals surface area contributed by atoms with Crippen LogP contribution in [0.25, 0.3) is 0 Å². The lowest BCUT2D eigenvalue weighted by molar-refractivity contribution is 1.53. The van der Waals surface area contributed by atoms with Crippen LogP contribution in [0.5, 0.6) is 0 Å². The van der Waals surface area contributed by atoms with E-state index in [9.17, 15) is 0 Å². The molecule has 0 aromatic rings. The molecule has 0 N–H and O–H groups in total. The molecule has 0 saturated heterocycles. The van der Waals surface area contributed by atoms with E-state index < -0.39 is 0 Å². The summed E-state index contributed by atoms with van der Waals surface area (Å²) in [6.45, 7) is 8.15. The van der Waals surface area contributed by atoms with Gasteiger partial charge in [0, 0.05) is 4.24 Å². The van der Waals surface area contributed by atoms with Gasteiger partial charge in [0.25, 0.3) is 0 Å². The molecule has 0 amide bonds. The molecular formula is C6H12S2. The molecule has 0 heterocycles. The maximum Gasteiger partial charge on any atom is 0.0328 e. The lowest BCUT2D eigenvalue weighted by Crippen LogP contribution is -1.69. The van der Waals surface area contributed by atoms with Crippen molar-refractivity contribution in [2.45, 2.75) is 13.8 Å². The second-order valence-electron chi connectivity index (χ2n) is 1.24. The van der Waals surface area contributed by atoms with Gasteiger partial charge in [0.05, 0.1) is 0 Å². The third kappa shape index (κ3) is 4.60. The zero-order valence-electron chi connectivity index (χ0n) is 5.44. The first kappa shape index (κ1) is 8.44. The van der Waals surface area contributed by atoms with Crippen LogP contribution in [0.2, 0.25) is 0 Å². The molecule has 0 aliphatic heterocycles. The normalized spacial score (nSPS) is 9.25. The van der Waals surface area contributed by atoms with Crippen molar-refractivity contribution in [1.82, 2.24) is 0 Å². The molecule has 0 aromatic carbocycles. The number of hydrogen-bond donors (Lipinski definition) is 0. The molecule has 0 atom stereocenters. The lowest BCUT2D eigenvalue weighted by Gasteiger charge is -1.97. The van der Waals surface area contributed by atoms with E-state index in [1.54, 1.807) is 0 Å². The second kappa shape index (κ2) is 5.57. The molecule has 0 fully saturated rings. The molecule has 0 saturated carbocycles. The zero-order valence-corrected chi connectivity index (χ0v) is 7.07. The fourth-order valence-electron chi connectivity index (χ4n) is 0.364. The molecule has 0 nitrogen and oxygen atoms in total. The Morgan fingerprint density at radius 2 is 1.62 bits per heavy atom. The van der Waals surface area contributed by atoms with Crippen molar-refractivity contribution in [3.05, 3.63) is 10.8 Å². The molecule has 2 heteroatoms. The molecule has 0 rings (SSSR count). The summed E-state index contributed by atoms with van der Waals surface area (Å²) in [5.74, 6) is 2.29. The lowest BCUT2D eigenvalue weighted by atomic mass is 11.0. The summed E-state index contributed by atoms with van der Waals surface area (Å²) < 4.78 is 1.25. The Morgan fingerprint density at radius 1 is 1.25 bits per heavy atom. The maximum atomic E-state index is 3.86. The van der Waals surface area contributed by atoms with Crippen LogP contribution in [0.3, 0.4) is 0 Å². The Hall–Kier alpha value is 0.440. The van der Waals surface area contributed by atoms with Gasteiger partial charge in [0.2, 0.25) is 0 Å². The summed E-state index contributed by atoms with van der Waals surface area (Å²) in [6, 6.07) is 0. The Balaban J connectivity index is 3.06. The molecule has 0 aliphatic carbocycles. The van der Waals surface area contributed by atoms with Crippen molar-refractivity contribution in [2.24, 2.45) is 0 Å². The van der Waals surface area contributed by atoms with Gasteiger partial charge in [-0.25, -0.2) is 0 Å². The van der Waals surface area contributed by atoms with Crippen LogP contribution in [0.15, 0.2) is 10.8 Å². The van der Waals surface area contributed by atoms with E-state index >= 15 is 0 Å². The summed E-state index contributed by atoms with van der Waals surface area (Å²) in [7, 11) is 0. The predicted molar refractivity (Wildman–Crippen MR) is 45.4 cm³/mol. The number of rotatable bonds is 4. The van der Waals surface area contributed by atoms with Crippen LogP contribution in [-0.2, 0) is 0 Å². The second-order valence-corrected chi connectivity index (χ2v) is 4.21. The monoisotopic (exact) mass is 148 g/mol. The van der Waals surface area contributed by atoms with Gasteiger partial charge in [-0.3, -0.25) is 0 Å². The molecule has 0 bridgehead atoms. The van der Waals surface area contributed by atoms with Crippen LogP contribution < -0.4 is 0 Å². The topological polar surface area (TPSA) is 0 Å². The minimum atomic E-state index is 1.14. The van der Waals surface area contributed by atoms with Crippen LogP contribution in [-0.4, -0.2) is 11.5 Å². The Bertz CT molecular complexity index is 60.9. The first-order valence-electron chi connectivity index (χ1n) is 2.75. The smallest absolute Gasteiger partial charge is 0.0328 e. The van der Waals surface area contributed by atoms with E-state index in [-0.39, 0.29) is 0 Å². The Labute approximate surface area is 60.1 Å².